The molecule has 1 amide bonds. The molecule has 0 aliphatic carbocycles. The number of carbonyl (C=O) groups is 1. The maximum Gasteiger partial charge on any atom is 0.295 e. The molecule has 8 heteroatoms. The van der Waals surface area contributed by atoms with Gasteiger partial charge in [0.1, 0.15) is 11.5 Å². The molecule has 0 unspecified atom stereocenters. The number of nitrogens with one attached hydrogen (secondary N) is 1. The molecule has 2 aromatic rings. The van der Waals surface area contributed by atoms with E-state index in [2.05, 4.69) is 5.32 Å². The number of benzene rings is 1. The van der Waals surface area contributed by atoms with E-state index < -0.39 is 10.7 Å². The molecule has 1 saturated heterocycles. The van der Waals surface area contributed by atoms with Gasteiger partial charge in [-0.1, -0.05) is 0 Å². The molecule has 1 aliphatic rings. The molecule has 0 atom stereocenters. The molecular formula is C17H18FN3O3S. The molecule has 1 aromatic heterocycles. The highest BCUT2D eigenvalue weighted by Gasteiger charge is 2.26. The molecule has 0 bridgehead atoms. The largest absolute Gasteiger partial charge is 0.366 e. The summed E-state index contributed by atoms with van der Waals surface area (Å²) in [5, 5.41) is 14.2. The second kappa shape index (κ2) is 7.18. The number of halogens is 1. The predicted octanol–water partition coefficient (Wildman–Crippen LogP) is 3.50. The van der Waals surface area contributed by atoms with Gasteiger partial charge in [-0.15, -0.1) is 11.3 Å². The number of carbonyl (C=O) groups excluding carboxylic acids is 1. The number of aryl methyl sites for hydroxylation is 1. The quantitative estimate of drug-likeness (QED) is 0.666. The Morgan fingerprint density at radius 3 is 2.64 bits per heavy atom. The molecule has 1 aliphatic heterocycles. The van der Waals surface area contributed by atoms with Gasteiger partial charge < -0.3 is 10.2 Å². The van der Waals surface area contributed by atoms with E-state index in [1.165, 1.54) is 23.5 Å². The fourth-order valence-electron chi connectivity index (χ4n) is 2.99. The summed E-state index contributed by atoms with van der Waals surface area (Å²) < 4.78 is 13.3. The average molecular weight is 363 g/mol. The topological polar surface area (TPSA) is 75.5 Å². The summed E-state index contributed by atoms with van der Waals surface area (Å²) in [5.74, 6) is -0.701. The van der Waals surface area contributed by atoms with Crippen molar-refractivity contribution < 1.29 is 14.1 Å². The van der Waals surface area contributed by atoms with Crippen LogP contribution in [0.25, 0.3) is 0 Å². The third kappa shape index (κ3) is 3.96. The van der Waals surface area contributed by atoms with Crippen LogP contribution in [0.1, 0.15) is 27.4 Å². The van der Waals surface area contributed by atoms with Crippen molar-refractivity contribution in [3.8, 4) is 0 Å². The minimum absolute atomic E-state index is 0.0330. The first kappa shape index (κ1) is 17.3. The zero-order valence-corrected chi connectivity index (χ0v) is 14.5. The summed E-state index contributed by atoms with van der Waals surface area (Å²) in [6, 6.07) is 7.38. The van der Waals surface area contributed by atoms with Crippen LogP contribution in [-0.2, 0) is 0 Å². The van der Waals surface area contributed by atoms with Crippen molar-refractivity contribution >= 4 is 28.6 Å². The Morgan fingerprint density at radius 1 is 1.32 bits per heavy atom. The van der Waals surface area contributed by atoms with Gasteiger partial charge in [0, 0.05) is 24.0 Å². The predicted molar refractivity (Wildman–Crippen MR) is 94.8 cm³/mol. The van der Waals surface area contributed by atoms with Crippen LogP contribution in [0.5, 0.6) is 0 Å². The minimum atomic E-state index is -0.621. The average Bonchev–Trinajstić information content (AvgIpc) is 3.02. The first-order chi connectivity index (χ1) is 11.9. The monoisotopic (exact) mass is 363 g/mol. The van der Waals surface area contributed by atoms with Crippen molar-refractivity contribution in [1.29, 1.82) is 0 Å². The number of nitro groups is 1. The zero-order chi connectivity index (χ0) is 18.0. The highest BCUT2D eigenvalue weighted by molar-refractivity contribution is 7.13. The summed E-state index contributed by atoms with van der Waals surface area (Å²) in [6.45, 7) is 3.09. The number of nitrogens with zero attached hydrogens (tertiary/aromatic N) is 2. The fourth-order valence-corrected chi connectivity index (χ4v) is 3.76. The van der Waals surface area contributed by atoms with Gasteiger partial charge in [-0.2, -0.15) is 0 Å². The Labute approximate surface area is 148 Å². The van der Waals surface area contributed by atoms with E-state index in [4.69, 9.17) is 0 Å². The molecule has 3 rings (SSSR count). The second-order valence-corrected chi connectivity index (χ2v) is 7.32. The maximum atomic E-state index is 13.3. The number of piperidine rings is 1. The van der Waals surface area contributed by atoms with Crippen LogP contribution in [0.3, 0.4) is 0 Å². The van der Waals surface area contributed by atoms with Gasteiger partial charge in [0.15, 0.2) is 0 Å². The Kier molecular flexibility index (Phi) is 4.98. The van der Waals surface area contributed by atoms with E-state index in [-0.39, 0.29) is 17.6 Å². The van der Waals surface area contributed by atoms with Crippen LogP contribution < -0.4 is 10.2 Å². The van der Waals surface area contributed by atoms with Gasteiger partial charge in [-0.3, -0.25) is 14.9 Å². The van der Waals surface area contributed by atoms with Crippen LogP contribution >= 0.6 is 11.3 Å². The maximum absolute atomic E-state index is 13.3. The van der Waals surface area contributed by atoms with E-state index in [0.29, 0.717) is 36.5 Å². The van der Waals surface area contributed by atoms with Gasteiger partial charge >= 0.3 is 0 Å². The third-order valence-corrected chi connectivity index (χ3v) is 5.27. The van der Waals surface area contributed by atoms with E-state index in [1.807, 2.05) is 24.0 Å². The fraction of sp³-hybridized carbons (Fsp3) is 0.353. The molecule has 0 radical (unpaired) electrons. The number of thiophene rings is 1. The lowest BCUT2D eigenvalue weighted by molar-refractivity contribution is -0.384. The second-order valence-electron chi connectivity index (χ2n) is 6.04. The minimum Gasteiger partial charge on any atom is -0.366 e. The van der Waals surface area contributed by atoms with Gasteiger partial charge in [-0.05, 0) is 44.0 Å². The summed E-state index contributed by atoms with van der Waals surface area (Å²) in [5.41, 5.74) is 0.196. The molecule has 0 saturated carbocycles. The number of hydrogen-bond donors (Lipinski definition) is 1. The van der Waals surface area contributed by atoms with E-state index in [1.54, 1.807) is 0 Å². The van der Waals surface area contributed by atoms with Crippen LogP contribution in [0.15, 0.2) is 30.3 Å². The number of nitro benzene ring substituents is 1. The highest BCUT2D eigenvalue weighted by Crippen LogP contribution is 2.31. The van der Waals surface area contributed by atoms with Crippen molar-refractivity contribution in [2.45, 2.75) is 25.8 Å². The number of amides is 1. The normalized spacial score (nSPS) is 15.2. The Balaban J connectivity index is 1.62. The lowest BCUT2D eigenvalue weighted by Crippen LogP contribution is -2.44. The van der Waals surface area contributed by atoms with Gasteiger partial charge in [0.05, 0.1) is 15.9 Å². The van der Waals surface area contributed by atoms with Gasteiger partial charge in [0.2, 0.25) is 0 Å². The van der Waals surface area contributed by atoms with Crippen molar-refractivity contribution in [2.24, 2.45) is 0 Å². The zero-order valence-electron chi connectivity index (χ0n) is 13.7. The van der Waals surface area contributed by atoms with Crippen LogP contribution in [0, 0.1) is 22.9 Å². The standard InChI is InChI=1S/C17H18FN3O3S/c1-11-2-5-16(25-11)17(22)19-13-6-8-20(9-7-13)14-4-3-12(18)10-15(14)21(23)24/h2-5,10,13H,6-9H2,1H3,(H,19,22). The molecule has 25 heavy (non-hydrogen) atoms. The SMILES string of the molecule is Cc1ccc(C(=O)NC2CCN(c3ccc(F)cc3[N+](=O)[O-])CC2)s1. The third-order valence-electron chi connectivity index (χ3n) is 4.27. The summed E-state index contributed by atoms with van der Waals surface area (Å²) in [7, 11) is 0. The summed E-state index contributed by atoms with van der Waals surface area (Å²) in [4.78, 5) is 26.4. The molecule has 1 fully saturated rings. The van der Waals surface area contributed by atoms with Gasteiger partial charge in [0.25, 0.3) is 11.6 Å². The van der Waals surface area contributed by atoms with Crippen molar-refractivity contribution in [2.75, 3.05) is 18.0 Å². The van der Waals surface area contributed by atoms with Gasteiger partial charge in [-0.25, -0.2) is 4.39 Å². The molecule has 1 aromatic carbocycles. The van der Waals surface area contributed by atoms with E-state index >= 15 is 0 Å². The number of hydrogen-bond acceptors (Lipinski definition) is 5. The molecule has 6 nitrogen and oxygen atoms in total. The van der Waals surface area contributed by atoms with Crippen LogP contribution in [0.2, 0.25) is 0 Å². The Morgan fingerprint density at radius 2 is 2.04 bits per heavy atom. The van der Waals surface area contributed by atoms with Crippen molar-refractivity contribution in [3.05, 3.63) is 56.0 Å². The van der Waals surface area contributed by atoms with Crippen molar-refractivity contribution in [3.63, 3.8) is 0 Å². The van der Waals surface area contributed by atoms with Crippen LogP contribution in [-0.4, -0.2) is 30.0 Å². The van der Waals surface area contributed by atoms with Crippen LogP contribution in [0.4, 0.5) is 15.8 Å². The number of rotatable bonds is 4. The molecule has 2 heterocycles. The van der Waals surface area contributed by atoms with E-state index in [0.717, 1.165) is 10.9 Å². The Hall–Kier alpha value is -2.48. The smallest absolute Gasteiger partial charge is 0.295 e. The molecular weight excluding hydrogens is 345 g/mol. The lowest BCUT2D eigenvalue weighted by Gasteiger charge is -2.33. The van der Waals surface area contributed by atoms with Crippen molar-refractivity contribution in [1.82, 2.24) is 5.32 Å². The molecule has 0 spiro atoms. The summed E-state index contributed by atoms with van der Waals surface area (Å²) >= 11 is 1.46. The highest BCUT2D eigenvalue weighted by atomic mass is 32.1. The molecule has 1 N–H and O–H groups in total. The Bertz CT molecular complexity index is 800. The molecule has 132 valence electrons. The first-order valence-electron chi connectivity index (χ1n) is 8.00. The number of anilines is 1. The van der Waals surface area contributed by atoms with E-state index in [9.17, 15) is 19.3 Å². The first-order valence-corrected chi connectivity index (χ1v) is 8.82. The lowest BCUT2D eigenvalue weighted by atomic mass is 10.0. The summed E-state index contributed by atoms with van der Waals surface area (Å²) in [6.07, 6.45) is 1.37.